The molecule has 0 aromatic heterocycles. The fourth-order valence-electron chi connectivity index (χ4n) is 2.93. The summed E-state index contributed by atoms with van der Waals surface area (Å²) >= 11 is 6.13. The number of nitriles is 1. The Morgan fingerprint density at radius 1 is 1.23 bits per heavy atom. The molecule has 1 aliphatic rings. The highest BCUT2D eigenvalue weighted by molar-refractivity contribution is 6.32. The minimum atomic E-state index is 0.514. The van der Waals surface area contributed by atoms with Gasteiger partial charge in [0.25, 0.3) is 0 Å². The van der Waals surface area contributed by atoms with Crippen LogP contribution >= 0.6 is 11.6 Å². The minimum Gasteiger partial charge on any atom is -0.497 e. The molecule has 22 heavy (non-hydrogen) atoms. The molecule has 1 atom stereocenters. The molecule has 1 fully saturated rings. The highest BCUT2D eigenvalue weighted by Gasteiger charge is 2.24. The molecule has 0 saturated carbocycles. The molecular weight excluding hydrogens is 296 g/mol. The zero-order chi connectivity index (χ0) is 15.5. The normalized spacial score (nSPS) is 17.3. The molecule has 0 spiro atoms. The van der Waals surface area contributed by atoms with Gasteiger partial charge in [0.2, 0.25) is 0 Å². The van der Waals surface area contributed by atoms with E-state index in [-0.39, 0.29) is 0 Å². The van der Waals surface area contributed by atoms with Crippen LogP contribution in [0.25, 0.3) is 0 Å². The van der Waals surface area contributed by atoms with Gasteiger partial charge >= 0.3 is 0 Å². The Labute approximate surface area is 135 Å². The second-order valence-electron chi connectivity index (χ2n) is 5.48. The van der Waals surface area contributed by atoms with Gasteiger partial charge in [0.1, 0.15) is 11.8 Å². The summed E-state index contributed by atoms with van der Waals surface area (Å²) in [6.45, 7) is 1.97. The molecule has 3 nitrogen and oxygen atoms in total. The van der Waals surface area contributed by atoms with Gasteiger partial charge in [-0.2, -0.15) is 5.26 Å². The van der Waals surface area contributed by atoms with Crippen LogP contribution in [-0.2, 0) is 0 Å². The van der Waals surface area contributed by atoms with Crippen molar-refractivity contribution in [3.8, 4) is 11.8 Å². The van der Waals surface area contributed by atoms with E-state index in [1.54, 1.807) is 13.2 Å². The van der Waals surface area contributed by atoms with Crippen molar-refractivity contribution in [2.45, 2.75) is 12.3 Å². The lowest BCUT2D eigenvalue weighted by Gasteiger charge is -2.19. The maximum Gasteiger partial charge on any atom is 0.118 e. The van der Waals surface area contributed by atoms with Crippen molar-refractivity contribution in [2.75, 3.05) is 25.1 Å². The van der Waals surface area contributed by atoms with Crippen molar-refractivity contribution >= 4 is 17.3 Å². The van der Waals surface area contributed by atoms with Gasteiger partial charge in [-0.25, -0.2) is 0 Å². The standard InChI is InChI=1S/C18H17ClN2O/c1-22-17-6-3-13(4-7-17)15-8-9-21(12-15)16-5-2-14(11-20)18(19)10-16/h2-7,10,15H,8-9,12H2,1H3. The van der Waals surface area contributed by atoms with E-state index in [0.717, 1.165) is 30.9 Å². The van der Waals surface area contributed by atoms with Gasteiger partial charge in [-0.15, -0.1) is 0 Å². The molecule has 1 saturated heterocycles. The van der Waals surface area contributed by atoms with Crippen molar-refractivity contribution in [2.24, 2.45) is 0 Å². The van der Waals surface area contributed by atoms with E-state index in [1.165, 1.54) is 5.56 Å². The topological polar surface area (TPSA) is 36.3 Å². The molecule has 4 heteroatoms. The van der Waals surface area contributed by atoms with Crippen LogP contribution in [0.1, 0.15) is 23.5 Å². The van der Waals surface area contributed by atoms with Gasteiger partial charge in [-0.05, 0) is 42.3 Å². The van der Waals surface area contributed by atoms with Crippen LogP contribution in [0.15, 0.2) is 42.5 Å². The Balaban J connectivity index is 1.74. The van der Waals surface area contributed by atoms with Crippen LogP contribution in [0.2, 0.25) is 5.02 Å². The molecule has 0 radical (unpaired) electrons. The zero-order valence-corrected chi connectivity index (χ0v) is 13.2. The van der Waals surface area contributed by atoms with Crippen molar-refractivity contribution in [3.05, 3.63) is 58.6 Å². The second kappa shape index (κ2) is 6.29. The Morgan fingerprint density at radius 2 is 2.00 bits per heavy atom. The monoisotopic (exact) mass is 312 g/mol. The van der Waals surface area contributed by atoms with Gasteiger partial charge in [0, 0.05) is 24.7 Å². The van der Waals surface area contributed by atoms with E-state index in [2.05, 4.69) is 23.1 Å². The summed E-state index contributed by atoms with van der Waals surface area (Å²) in [6.07, 6.45) is 1.12. The molecular formula is C18H17ClN2O. The Bertz CT molecular complexity index is 706. The third kappa shape index (κ3) is 2.88. The van der Waals surface area contributed by atoms with E-state index in [4.69, 9.17) is 21.6 Å². The molecule has 0 bridgehead atoms. The number of halogens is 1. The largest absolute Gasteiger partial charge is 0.497 e. The number of hydrogen-bond donors (Lipinski definition) is 0. The zero-order valence-electron chi connectivity index (χ0n) is 12.4. The summed E-state index contributed by atoms with van der Waals surface area (Å²) in [5.41, 5.74) is 2.94. The SMILES string of the molecule is COc1ccc(C2CCN(c3ccc(C#N)c(Cl)c3)C2)cc1. The third-order valence-electron chi connectivity index (χ3n) is 4.21. The highest BCUT2D eigenvalue weighted by atomic mass is 35.5. The van der Waals surface area contributed by atoms with Crippen LogP contribution in [0.3, 0.4) is 0 Å². The van der Waals surface area contributed by atoms with Gasteiger partial charge in [0.05, 0.1) is 17.7 Å². The molecule has 3 rings (SSSR count). The molecule has 1 unspecified atom stereocenters. The first-order chi connectivity index (χ1) is 10.7. The first-order valence-electron chi connectivity index (χ1n) is 7.30. The van der Waals surface area contributed by atoms with Crippen molar-refractivity contribution in [3.63, 3.8) is 0 Å². The van der Waals surface area contributed by atoms with E-state index < -0.39 is 0 Å². The number of nitrogens with zero attached hydrogens (tertiary/aromatic N) is 2. The fourth-order valence-corrected chi connectivity index (χ4v) is 3.15. The number of methoxy groups -OCH3 is 1. The summed E-state index contributed by atoms with van der Waals surface area (Å²) in [6, 6.07) is 16.0. The second-order valence-corrected chi connectivity index (χ2v) is 5.89. The van der Waals surface area contributed by atoms with Crippen molar-refractivity contribution < 1.29 is 4.74 Å². The Morgan fingerprint density at radius 3 is 2.64 bits per heavy atom. The Kier molecular flexibility index (Phi) is 4.22. The van der Waals surface area contributed by atoms with Gasteiger partial charge < -0.3 is 9.64 Å². The number of ether oxygens (including phenoxy) is 1. The lowest BCUT2D eigenvalue weighted by atomic mass is 9.98. The molecule has 112 valence electrons. The van der Waals surface area contributed by atoms with Crippen molar-refractivity contribution in [1.29, 1.82) is 5.26 Å². The van der Waals surface area contributed by atoms with E-state index in [1.807, 2.05) is 24.3 Å². The molecule has 0 amide bonds. The summed E-state index contributed by atoms with van der Waals surface area (Å²) in [5.74, 6) is 1.40. The predicted molar refractivity (Wildman–Crippen MR) is 88.7 cm³/mol. The number of hydrogen-bond acceptors (Lipinski definition) is 3. The number of benzene rings is 2. The molecule has 0 N–H and O–H groups in total. The van der Waals surface area contributed by atoms with Crippen LogP contribution in [0, 0.1) is 11.3 Å². The van der Waals surface area contributed by atoms with E-state index in [0.29, 0.717) is 16.5 Å². The average Bonchev–Trinajstić information content (AvgIpc) is 3.05. The average molecular weight is 313 g/mol. The summed E-state index contributed by atoms with van der Waals surface area (Å²) < 4.78 is 5.21. The van der Waals surface area contributed by atoms with E-state index >= 15 is 0 Å². The van der Waals surface area contributed by atoms with Gasteiger partial charge in [-0.1, -0.05) is 23.7 Å². The first-order valence-corrected chi connectivity index (χ1v) is 7.67. The molecule has 0 aliphatic carbocycles. The maximum atomic E-state index is 8.95. The lowest BCUT2D eigenvalue weighted by molar-refractivity contribution is 0.414. The van der Waals surface area contributed by atoms with Gasteiger partial charge in [-0.3, -0.25) is 0 Å². The maximum absolute atomic E-state index is 8.95. The minimum absolute atomic E-state index is 0.514. The smallest absolute Gasteiger partial charge is 0.118 e. The predicted octanol–water partition coefficient (Wildman–Crippen LogP) is 4.21. The molecule has 2 aromatic carbocycles. The third-order valence-corrected chi connectivity index (χ3v) is 4.53. The number of rotatable bonds is 3. The van der Waals surface area contributed by atoms with Crippen LogP contribution < -0.4 is 9.64 Å². The fraction of sp³-hybridized carbons (Fsp3) is 0.278. The van der Waals surface area contributed by atoms with Crippen LogP contribution in [-0.4, -0.2) is 20.2 Å². The Hall–Kier alpha value is -2.18. The lowest BCUT2D eigenvalue weighted by Crippen LogP contribution is -2.19. The van der Waals surface area contributed by atoms with E-state index in [9.17, 15) is 0 Å². The molecule has 2 aromatic rings. The number of anilines is 1. The van der Waals surface area contributed by atoms with Crippen LogP contribution in [0.4, 0.5) is 5.69 Å². The quantitative estimate of drug-likeness (QED) is 0.851. The summed E-state index contributed by atoms with van der Waals surface area (Å²) in [4.78, 5) is 2.32. The molecule has 1 aliphatic heterocycles. The van der Waals surface area contributed by atoms with Crippen molar-refractivity contribution in [1.82, 2.24) is 0 Å². The summed E-state index contributed by atoms with van der Waals surface area (Å²) in [5, 5.41) is 9.47. The molecule has 1 heterocycles. The summed E-state index contributed by atoms with van der Waals surface area (Å²) in [7, 11) is 1.68. The first kappa shape index (κ1) is 14.7. The van der Waals surface area contributed by atoms with Crippen LogP contribution in [0.5, 0.6) is 5.75 Å². The van der Waals surface area contributed by atoms with Gasteiger partial charge in [0.15, 0.2) is 0 Å². The highest BCUT2D eigenvalue weighted by Crippen LogP contribution is 2.33.